The quantitative estimate of drug-likeness (QED) is 0.579. The molecule has 1 N–H and O–H groups in total. The predicted molar refractivity (Wildman–Crippen MR) is 120 cm³/mol. The Morgan fingerprint density at radius 2 is 2.09 bits per heavy atom. The average molecular weight is 477 g/mol. The van der Waals surface area contributed by atoms with Crippen molar-refractivity contribution in [2.24, 2.45) is 0 Å². The van der Waals surface area contributed by atoms with Crippen LogP contribution in [0.2, 0.25) is 0 Å². The molecule has 0 spiro atoms. The van der Waals surface area contributed by atoms with Crippen LogP contribution >= 0.6 is 11.3 Å². The zero-order chi connectivity index (χ0) is 23.0. The highest BCUT2D eigenvalue weighted by molar-refractivity contribution is 7.89. The van der Waals surface area contributed by atoms with Gasteiger partial charge in [-0.25, -0.2) is 13.4 Å². The normalized spacial score (nSPS) is 16.9. The smallest absolute Gasteiger partial charge is 0.249 e. The molecule has 3 heterocycles. The molecule has 1 saturated heterocycles. The molecule has 1 amide bonds. The van der Waals surface area contributed by atoms with Crippen molar-refractivity contribution in [2.45, 2.75) is 44.6 Å². The molecule has 1 aliphatic heterocycles. The molecule has 1 aromatic carbocycles. The summed E-state index contributed by atoms with van der Waals surface area (Å²) in [6, 6.07) is 4.97. The number of thiazole rings is 1. The lowest BCUT2D eigenvalue weighted by Crippen LogP contribution is -2.43. The van der Waals surface area contributed by atoms with Crippen molar-refractivity contribution in [2.75, 3.05) is 19.0 Å². The molecule has 0 saturated carbocycles. The van der Waals surface area contributed by atoms with Gasteiger partial charge in [0.2, 0.25) is 15.9 Å². The van der Waals surface area contributed by atoms with E-state index < -0.39 is 22.0 Å². The summed E-state index contributed by atoms with van der Waals surface area (Å²) in [5.74, 6) is 0.492. The Labute approximate surface area is 190 Å². The second kappa shape index (κ2) is 8.64. The molecule has 0 bridgehead atoms. The Morgan fingerprint density at radius 1 is 1.31 bits per heavy atom. The highest BCUT2D eigenvalue weighted by Gasteiger charge is 2.42. The maximum atomic E-state index is 13.2. The molecule has 9 nitrogen and oxygen atoms in total. The fourth-order valence-electron chi connectivity index (χ4n) is 3.92. The first-order valence-corrected chi connectivity index (χ1v) is 12.4. The summed E-state index contributed by atoms with van der Waals surface area (Å²) < 4.78 is 38.1. The SMILES string of the molecule is COc1ccc(C)cc1-c1csc(NC(=O)[C@@H]2CCCN2S(=O)(=O)c2c(C)noc2C)n1. The van der Waals surface area contributed by atoms with E-state index in [4.69, 9.17) is 9.26 Å². The van der Waals surface area contributed by atoms with E-state index in [1.54, 1.807) is 21.0 Å². The second-order valence-electron chi connectivity index (χ2n) is 7.66. The molecule has 3 aromatic rings. The van der Waals surface area contributed by atoms with Crippen molar-refractivity contribution >= 4 is 32.4 Å². The van der Waals surface area contributed by atoms with Gasteiger partial charge in [0, 0.05) is 17.5 Å². The molecule has 2 aromatic heterocycles. The Balaban J connectivity index is 1.55. The van der Waals surface area contributed by atoms with Gasteiger partial charge in [-0.2, -0.15) is 4.31 Å². The molecular formula is C21H24N4O5S2. The molecule has 4 rings (SSSR count). The first-order chi connectivity index (χ1) is 15.2. The molecule has 1 atom stereocenters. The summed E-state index contributed by atoms with van der Waals surface area (Å²) in [4.78, 5) is 17.6. The van der Waals surface area contributed by atoms with Gasteiger partial charge in [0.05, 0.1) is 12.8 Å². The van der Waals surface area contributed by atoms with Gasteiger partial charge in [-0.1, -0.05) is 16.8 Å². The third-order valence-electron chi connectivity index (χ3n) is 5.41. The number of carbonyl (C=O) groups excluding carboxylic acids is 1. The van der Waals surface area contributed by atoms with Crippen LogP contribution in [-0.4, -0.2) is 48.5 Å². The van der Waals surface area contributed by atoms with Crippen molar-refractivity contribution in [3.8, 4) is 17.0 Å². The minimum atomic E-state index is -3.91. The molecule has 1 fully saturated rings. The monoisotopic (exact) mass is 476 g/mol. The van der Waals surface area contributed by atoms with Crippen LogP contribution in [0, 0.1) is 20.8 Å². The van der Waals surface area contributed by atoms with Gasteiger partial charge < -0.3 is 14.6 Å². The second-order valence-corrected chi connectivity index (χ2v) is 10.3. The fraction of sp³-hybridized carbons (Fsp3) is 0.381. The van der Waals surface area contributed by atoms with E-state index >= 15 is 0 Å². The van der Waals surface area contributed by atoms with E-state index in [0.29, 0.717) is 29.4 Å². The molecule has 0 unspecified atom stereocenters. The number of carbonyl (C=O) groups is 1. The third kappa shape index (κ3) is 4.03. The van der Waals surface area contributed by atoms with Gasteiger partial charge >= 0.3 is 0 Å². The molecule has 0 radical (unpaired) electrons. The number of hydrogen-bond acceptors (Lipinski definition) is 8. The van der Waals surface area contributed by atoms with Gasteiger partial charge in [-0.05, 0) is 45.7 Å². The van der Waals surface area contributed by atoms with Crippen LogP contribution in [0.5, 0.6) is 5.75 Å². The number of rotatable bonds is 6. The maximum Gasteiger partial charge on any atom is 0.249 e. The Bertz CT molecular complexity index is 1250. The van der Waals surface area contributed by atoms with Crippen molar-refractivity contribution < 1.29 is 22.5 Å². The molecule has 170 valence electrons. The largest absolute Gasteiger partial charge is 0.496 e. The number of nitrogens with zero attached hydrogens (tertiary/aromatic N) is 3. The van der Waals surface area contributed by atoms with Crippen LogP contribution in [0.15, 0.2) is 33.0 Å². The first-order valence-electron chi connectivity index (χ1n) is 10.1. The number of ether oxygens (including phenoxy) is 1. The van der Waals surface area contributed by atoms with Crippen molar-refractivity contribution in [1.29, 1.82) is 0 Å². The lowest BCUT2D eigenvalue weighted by atomic mass is 10.1. The zero-order valence-corrected chi connectivity index (χ0v) is 19.8. The Morgan fingerprint density at radius 3 is 2.78 bits per heavy atom. The van der Waals surface area contributed by atoms with Crippen molar-refractivity contribution in [3.63, 3.8) is 0 Å². The summed E-state index contributed by atoms with van der Waals surface area (Å²) in [6.45, 7) is 5.36. The standard InChI is InChI=1S/C21H24N4O5S2/c1-12-7-8-18(29-4)15(10-12)16-11-31-21(22-16)23-20(26)17-6-5-9-25(17)32(27,28)19-13(2)24-30-14(19)3/h7-8,10-11,17H,5-6,9H2,1-4H3,(H,22,23,26)/t17-/m0/s1. The number of hydrogen-bond donors (Lipinski definition) is 1. The zero-order valence-electron chi connectivity index (χ0n) is 18.2. The molecule has 11 heteroatoms. The van der Waals surface area contributed by atoms with Crippen LogP contribution in [-0.2, 0) is 14.8 Å². The van der Waals surface area contributed by atoms with Gasteiger partial charge in [-0.15, -0.1) is 11.3 Å². The maximum absolute atomic E-state index is 13.2. The van der Waals surface area contributed by atoms with Crippen LogP contribution in [0.3, 0.4) is 0 Å². The van der Waals surface area contributed by atoms with Crippen LogP contribution < -0.4 is 10.1 Å². The predicted octanol–water partition coefficient (Wildman–Crippen LogP) is 3.52. The molecular weight excluding hydrogens is 452 g/mol. The van der Waals surface area contributed by atoms with E-state index in [1.807, 2.05) is 30.5 Å². The number of anilines is 1. The first kappa shape index (κ1) is 22.4. The average Bonchev–Trinajstić information content (AvgIpc) is 3.48. The number of methoxy groups -OCH3 is 1. The van der Waals surface area contributed by atoms with E-state index in [2.05, 4.69) is 15.5 Å². The summed E-state index contributed by atoms with van der Waals surface area (Å²) in [6.07, 6.45) is 1.02. The third-order valence-corrected chi connectivity index (χ3v) is 8.32. The summed E-state index contributed by atoms with van der Waals surface area (Å²) in [7, 11) is -2.32. The highest BCUT2D eigenvalue weighted by atomic mass is 32.2. The number of amides is 1. The number of aryl methyl sites for hydroxylation is 3. The summed E-state index contributed by atoms with van der Waals surface area (Å²) in [5, 5.41) is 8.76. The minimum Gasteiger partial charge on any atom is -0.496 e. The van der Waals surface area contributed by atoms with Crippen molar-refractivity contribution in [1.82, 2.24) is 14.4 Å². The van der Waals surface area contributed by atoms with Crippen LogP contribution in [0.1, 0.15) is 29.9 Å². The van der Waals surface area contributed by atoms with Gasteiger partial charge in [-0.3, -0.25) is 4.79 Å². The minimum absolute atomic E-state index is 0.0280. The lowest BCUT2D eigenvalue weighted by molar-refractivity contribution is -0.119. The lowest BCUT2D eigenvalue weighted by Gasteiger charge is -2.22. The highest BCUT2D eigenvalue weighted by Crippen LogP contribution is 2.34. The number of sulfonamides is 1. The van der Waals surface area contributed by atoms with E-state index in [0.717, 1.165) is 11.1 Å². The summed E-state index contributed by atoms with van der Waals surface area (Å²) >= 11 is 1.28. The van der Waals surface area contributed by atoms with E-state index in [9.17, 15) is 13.2 Å². The number of aromatic nitrogens is 2. The Hall–Kier alpha value is -2.76. The fourth-order valence-corrected chi connectivity index (χ4v) is 6.58. The molecule has 0 aliphatic carbocycles. The number of nitrogens with one attached hydrogen (secondary N) is 1. The van der Waals surface area contributed by atoms with Gasteiger partial charge in [0.15, 0.2) is 10.9 Å². The molecule has 1 aliphatic rings. The topological polar surface area (TPSA) is 115 Å². The van der Waals surface area contributed by atoms with E-state index in [-0.39, 0.29) is 22.9 Å². The van der Waals surface area contributed by atoms with Gasteiger partial charge in [0.25, 0.3) is 0 Å². The van der Waals surface area contributed by atoms with Crippen molar-refractivity contribution in [3.05, 3.63) is 40.6 Å². The number of benzene rings is 1. The van der Waals surface area contributed by atoms with Crippen LogP contribution in [0.25, 0.3) is 11.3 Å². The molecule has 32 heavy (non-hydrogen) atoms. The van der Waals surface area contributed by atoms with Gasteiger partial charge in [0.1, 0.15) is 22.4 Å². The summed E-state index contributed by atoms with van der Waals surface area (Å²) in [5.41, 5.74) is 2.85. The van der Waals surface area contributed by atoms with E-state index in [1.165, 1.54) is 15.6 Å². The Kier molecular flexibility index (Phi) is 6.06. The van der Waals surface area contributed by atoms with Crippen LogP contribution in [0.4, 0.5) is 5.13 Å².